The van der Waals surface area contributed by atoms with Crippen molar-refractivity contribution in [3.8, 4) is 0 Å². The zero-order valence-electron chi connectivity index (χ0n) is 47.6. The molecule has 4 amide bonds. The Hall–Kier alpha value is -5.88. The zero-order valence-corrected chi connectivity index (χ0v) is 50.4. The maximum absolute atomic E-state index is 14.3. The standard InChI is InChI=1S/C32H42N4O7SSi.C26H39N3O3Si/c1-32(2,3)45(5,6)43-20-17-27-31(38)34(18-19-35(27)44(41,42)29-14-10-9-13-26(29)36(39)40)28(30(37)33-4)22-23-15-16-24-11-7-8-12-25(24)21-23;1-26(2,3)33(5,6)32-16-13-22-25(31)29(15-14-28-22)23(24(30)27-4)18-19-11-12-20-9-7-8-10-21(20)17-19/h7-16,21,27-28H,17-20,22H2,1-6H3,(H,33,37);7-12,17,22-23,28H,13-16,18H2,1-6H3,(H,27,30). The van der Waals surface area contributed by atoms with Crippen molar-refractivity contribution in [2.45, 2.75) is 133 Å². The van der Waals surface area contributed by atoms with E-state index in [0.717, 1.165) is 43.0 Å². The Balaban J connectivity index is 0.000000265. The van der Waals surface area contributed by atoms with E-state index in [1.807, 2.05) is 54.6 Å². The lowest BCUT2D eigenvalue weighted by Gasteiger charge is -2.43. The predicted octanol–water partition coefficient (Wildman–Crippen LogP) is 8.43. The number of piperazine rings is 2. The van der Waals surface area contributed by atoms with Crippen LogP contribution in [0.3, 0.4) is 0 Å². The number of para-hydroxylation sites is 1. The topological polar surface area (TPSA) is 210 Å². The van der Waals surface area contributed by atoms with Crippen LogP contribution in [-0.4, -0.2) is 145 Å². The molecule has 2 aliphatic heterocycles. The van der Waals surface area contributed by atoms with Gasteiger partial charge in [-0.05, 0) is 87.8 Å². The van der Waals surface area contributed by atoms with Crippen molar-refractivity contribution in [1.29, 1.82) is 0 Å². The van der Waals surface area contributed by atoms with Gasteiger partial charge in [0, 0.05) is 72.4 Å². The molecule has 78 heavy (non-hydrogen) atoms. The molecule has 0 spiro atoms. The van der Waals surface area contributed by atoms with Gasteiger partial charge in [0.1, 0.15) is 18.1 Å². The number of carbonyl (C=O) groups excluding carboxylic acids is 4. The number of fused-ring (bicyclic) bond motifs is 2. The van der Waals surface area contributed by atoms with Gasteiger partial charge in [0.2, 0.25) is 23.6 Å². The molecule has 2 fully saturated rings. The Kier molecular flexibility index (Phi) is 20.0. The second-order valence-electron chi connectivity index (χ2n) is 23.3. The summed E-state index contributed by atoms with van der Waals surface area (Å²) in [6.07, 6.45) is 1.35. The van der Waals surface area contributed by atoms with E-state index in [1.54, 1.807) is 11.9 Å². The summed E-state index contributed by atoms with van der Waals surface area (Å²) in [5.41, 5.74) is 1.33. The molecule has 7 rings (SSSR count). The third-order valence-electron chi connectivity index (χ3n) is 16.1. The Morgan fingerprint density at radius 3 is 1.59 bits per heavy atom. The lowest BCUT2D eigenvalue weighted by molar-refractivity contribution is -0.387. The quantitative estimate of drug-likeness (QED) is 0.0406. The fourth-order valence-corrected chi connectivity index (χ4v) is 13.3. The summed E-state index contributed by atoms with van der Waals surface area (Å²) in [5.74, 6) is -1.07. The molecule has 20 heteroatoms. The summed E-state index contributed by atoms with van der Waals surface area (Å²) < 4.78 is 41.7. The van der Waals surface area contributed by atoms with E-state index < -0.39 is 66.2 Å². The van der Waals surface area contributed by atoms with Crippen molar-refractivity contribution in [1.82, 2.24) is 30.1 Å². The van der Waals surface area contributed by atoms with Gasteiger partial charge in [-0.3, -0.25) is 29.3 Å². The second-order valence-corrected chi connectivity index (χ2v) is 34.7. The molecule has 2 heterocycles. The van der Waals surface area contributed by atoms with Gasteiger partial charge < -0.3 is 34.6 Å². The number of carbonyl (C=O) groups is 4. The van der Waals surface area contributed by atoms with E-state index in [2.05, 4.69) is 114 Å². The fourth-order valence-electron chi connectivity index (χ4n) is 9.39. The van der Waals surface area contributed by atoms with Crippen LogP contribution in [0, 0.1) is 10.1 Å². The number of benzene rings is 5. The van der Waals surface area contributed by atoms with E-state index in [4.69, 9.17) is 8.85 Å². The first kappa shape index (κ1) is 61.3. The van der Waals surface area contributed by atoms with Crippen LogP contribution in [0.5, 0.6) is 0 Å². The molecule has 2 saturated heterocycles. The third-order valence-corrected chi connectivity index (χ3v) is 27.2. The number of nitro groups is 1. The van der Waals surface area contributed by atoms with E-state index in [9.17, 15) is 37.7 Å². The van der Waals surface area contributed by atoms with Crippen LogP contribution in [0.2, 0.25) is 36.3 Å². The van der Waals surface area contributed by atoms with Gasteiger partial charge in [-0.15, -0.1) is 0 Å². The molecule has 4 atom stereocenters. The molecule has 5 aromatic carbocycles. The first-order chi connectivity index (χ1) is 36.6. The van der Waals surface area contributed by atoms with Gasteiger partial charge >= 0.3 is 0 Å². The van der Waals surface area contributed by atoms with Crippen LogP contribution in [0.15, 0.2) is 114 Å². The highest BCUT2D eigenvalue weighted by atomic mass is 32.2. The fraction of sp³-hybridized carbons (Fsp3) is 0.483. The molecule has 3 N–H and O–H groups in total. The minimum absolute atomic E-state index is 0.0190. The summed E-state index contributed by atoms with van der Waals surface area (Å²) in [6.45, 7) is 23.1. The van der Waals surface area contributed by atoms with E-state index in [1.165, 1.54) is 30.1 Å². The van der Waals surface area contributed by atoms with Crippen LogP contribution < -0.4 is 16.0 Å². The molecule has 0 bridgehead atoms. The summed E-state index contributed by atoms with van der Waals surface area (Å²) in [5, 5.41) is 24.9. The number of hydrogen-bond donors (Lipinski definition) is 3. The number of nitrogens with one attached hydrogen (secondary N) is 3. The van der Waals surface area contributed by atoms with Crippen LogP contribution in [-0.2, 0) is 50.9 Å². The molecular formula is C58H81N7O10SSi2. The van der Waals surface area contributed by atoms with Crippen molar-refractivity contribution in [2.75, 3.05) is 53.5 Å². The molecule has 2 aliphatic rings. The number of likely N-dealkylation sites (N-methyl/N-ethyl adjacent to an activating group) is 2. The molecule has 0 aliphatic carbocycles. The van der Waals surface area contributed by atoms with Crippen molar-refractivity contribution < 1.29 is 41.4 Å². The highest BCUT2D eigenvalue weighted by Crippen LogP contribution is 2.38. The van der Waals surface area contributed by atoms with Crippen LogP contribution in [0.1, 0.15) is 65.5 Å². The number of rotatable bonds is 19. The SMILES string of the molecule is CNC(=O)C(Cc1ccc2ccccc2c1)N1CCN(S(=O)(=O)c2ccccc2[N+](=O)[O-])C(CCO[Si](C)(C)C(C)(C)C)C1=O.CNC(=O)C(Cc1ccc2ccccc2c1)N1CCNC(CCO[Si](C)(C)C(C)(C)C)C1=O. The molecule has 422 valence electrons. The number of hydrogen-bond acceptors (Lipinski definition) is 11. The summed E-state index contributed by atoms with van der Waals surface area (Å²) in [4.78, 5) is 67.5. The Morgan fingerprint density at radius 1 is 0.667 bits per heavy atom. The Morgan fingerprint density at radius 2 is 1.12 bits per heavy atom. The number of sulfonamides is 1. The highest BCUT2D eigenvalue weighted by Gasteiger charge is 2.47. The maximum atomic E-state index is 14.3. The molecule has 4 unspecified atom stereocenters. The minimum atomic E-state index is -4.47. The van der Waals surface area contributed by atoms with Gasteiger partial charge in [-0.1, -0.05) is 139 Å². The minimum Gasteiger partial charge on any atom is -0.417 e. The molecule has 0 saturated carbocycles. The smallest absolute Gasteiger partial charge is 0.289 e. The molecular weight excluding hydrogens is 1040 g/mol. The summed E-state index contributed by atoms with van der Waals surface area (Å²) in [7, 11) is -5.45. The summed E-state index contributed by atoms with van der Waals surface area (Å²) in [6, 6.07) is 30.3. The summed E-state index contributed by atoms with van der Waals surface area (Å²) >= 11 is 0. The average Bonchev–Trinajstić information content (AvgIpc) is 3.43. The van der Waals surface area contributed by atoms with E-state index in [-0.39, 0.29) is 66.4 Å². The first-order valence-electron chi connectivity index (χ1n) is 26.9. The maximum Gasteiger partial charge on any atom is 0.289 e. The van der Waals surface area contributed by atoms with Gasteiger partial charge in [0.25, 0.3) is 15.7 Å². The van der Waals surface area contributed by atoms with Crippen molar-refractivity contribution in [3.05, 3.63) is 130 Å². The second kappa shape index (κ2) is 25.5. The molecule has 17 nitrogen and oxygen atoms in total. The monoisotopic (exact) mass is 1120 g/mol. The van der Waals surface area contributed by atoms with E-state index >= 15 is 0 Å². The lowest BCUT2D eigenvalue weighted by Crippen LogP contribution is -2.63. The third kappa shape index (κ3) is 14.5. The predicted molar refractivity (Wildman–Crippen MR) is 313 cm³/mol. The van der Waals surface area contributed by atoms with Crippen molar-refractivity contribution >= 4 is 77.5 Å². The highest BCUT2D eigenvalue weighted by molar-refractivity contribution is 7.89. The normalized spacial score (nSPS) is 17.8. The molecule has 0 radical (unpaired) electrons. The van der Waals surface area contributed by atoms with E-state index in [0.29, 0.717) is 32.5 Å². The van der Waals surface area contributed by atoms with Crippen molar-refractivity contribution in [3.63, 3.8) is 0 Å². The number of amides is 4. The molecule has 0 aromatic heterocycles. The number of nitrogens with zero attached hydrogens (tertiary/aromatic N) is 4. The first-order valence-corrected chi connectivity index (χ1v) is 34.1. The number of nitro benzene ring substituents is 1. The molecule has 5 aromatic rings. The van der Waals surface area contributed by atoms with Gasteiger partial charge in [-0.25, -0.2) is 8.42 Å². The average molecular weight is 1120 g/mol. The largest absolute Gasteiger partial charge is 0.417 e. The van der Waals surface area contributed by atoms with Gasteiger partial charge in [0.15, 0.2) is 21.5 Å². The van der Waals surface area contributed by atoms with Crippen molar-refractivity contribution in [2.24, 2.45) is 0 Å². The zero-order chi connectivity index (χ0) is 57.4. The van der Waals surface area contributed by atoms with Gasteiger partial charge in [-0.2, -0.15) is 4.31 Å². The Bertz CT molecular complexity index is 3070. The van der Waals surface area contributed by atoms with Gasteiger partial charge in [0.05, 0.1) is 11.0 Å². The lowest BCUT2D eigenvalue weighted by atomic mass is 9.98. The van der Waals surface area contributed by atoms with Crippen LogP contribution in [0.4, 0.5) is 5.69 Å². The van der Waals surface area contributed by atoms with Crippen LogP contribution in [0.25, 0.3) is 21.5 Å². The van der Waals surface area contributed by atoms with Crippen LogP contribution >= 0.6 is 0 Å². The Labute approximate surface area is 463 Å².